The smallest absolute Gasteiger partial charge is 0.295 e. The number of hydrogen-bond acceptors (Lipinski definition) is 5. The molecular formula is C31H42N2O4. The van der Waals surface area contributed by atoms with Crippen LogP contribution in [0.5, 0.6) is 5.75 Å². The van der Waals surface area contributed by atoms with Crippen LogP contribution in [-0.2, 0) is 15.0 Å². The molecule has 0 bridgehead atoms. The van der Waals surface area contributed by atoms with Crippen LogP contribution in [0.3, 0.4) is 0 Å². The van der Waals surface area contributed by atoms with E-state index in [0.29, 0.717) is 24.4 Å². The fourth-order valence-corrected chi connectivity index (χ4v) is 4.77. The molecule has 1 unspecified atom stereocenters. The number of aliphatic hydroxyl groups is 1. The van der Waals surface area contributed by atoms with E-state index in [1.165, 1.54) is 0 Å². The van der Waals surface area contributed by atoms with Gasteiger partial charge in [-0.1, -0.05) is 58.9 Å². The predicted molar refractivity (Wildman–Crippen MR) is 149 cm³/mol. The van der Waals surface area contributed by atoms with Crippen molar-refractivity contribution in [1.29, 1.82) is 0 Å². The second-order valence-corrected chi connectivity index (χ2v) is 11.0. The molecule has 0 aromatic heterocycles. The van der Waals surface area contributed by atoms with Crippen LogP contribution in [0.4, 0.5) is 0 Å². The quantitative estimate of drug-likeness (QED) is 0.263. The molecule has 0 spiro atoms. The van der Waals surface area contributed by atoms with Crippen molar-refractivity contribution in [2.45, 2.75) is 73.0 Å². The Kier molecular flexibility index (Phi) is 8.85. The summed E-state index contributed by atoms with van der Waals surface area (Å²) in [4.78, 5) is 30.7. The highest BCUT2D eigenvalue weighted by Gasteiger charge is 2.46. The zero-order valence-electron chi connectivity index (χ0n) is 23.6. The lowest BCUT2D eigenvalue weighted by molar-refractivity contribution is -0.140. The van der Waals surface area contributed by atoms with Crippen LogP contribution in [0, 0.1) is 6.92 Å². The molecule has 1 atom stereocenters. The zero-order valence-corrected chi connectivity index (χ0v) is 23.6. The van der Waals surface area contributed by atoms with Gasteiger partial charge in [-0.15, -0.1) is 0 Å². The number of nitrogens with zero attached hydrogens (tertiary/aromatic N) is 2. The van der Waals surface area contributed by atoms with E-state index in [0.717, 1.165) is 29.8 Å². The number of rotatable bonds is 9. The molecule has 3 rings (SSSR count). The lowest BCUT2D eigenvalue weighted by atomic mass is 9.84. The summed E-state index contributed by atoms with van der Waals surface area (Å²) in [5.74, 6) is -0.712. The lowest BCUT2D eigenvalue weighted by Gasteiger charge is -2.28. The number of hydrogen-bond donors (Lipinski definition) is 1. The average Bonchev–Trinajstić information content (AvgIpc) is 3.08. The highest BCUT2D eigenvalue weighted by atomic mass is 16.5. The molecule has 1 N–H and O–H groups in total. The van der Waals surface area contributed by atoms with E-state index in [1.54, 1.807) is 4.90 Å². The van der Waals surface area contributed by atoms with Crippen LogP contribution < -0.4 is 4.74 Å². The van der Waals surface area contributed by atoms with E-state index in [-0.39, 0.29) is 22.9 Å². The molecule has 2 aromatic carbocycles. The van der Waals surface area contributed by atoms with Crippen molar-refractivity contribution in [1.82, 2.24) is 9.80 Å². The molecule has 200 valence electrons. The number of likely N-dealkylation sites (tertiary alicyclic amines) is 1. The van der Waals surface area contributed by atoms with Gasteiger partial charge in [0.1, 0.15) is 11.5 Å². The van der Waals surface area contributed by atoms with E-state index in [9.17, 15) is 14.7 Å². The van der Waals surface area contributed by atoms with Crippen molar-refractivity contribution in [2.24, 2.45) is 0 Å². The lowest BCUT2D eigenvalue weighted by Crippen LogP contribution is -2.38. The first-order valence-electron chi connectivity index (χ1n) is 13.3. The molecule has 2 aromatic rings. The minimum absolute atomic E-state index is 0.0212. The van der Waals surface area contributed by atoms with Crippen molar-refractivity contribution in [2.75, 3.05) is 26.2 Å². The monoisotopic (exact) mass is 506 g/mol. The van der Waals surface area contributed by atoms with Gasteiger partial charge in [-0.3, -0.25) is 9.59 Å². The summed E-state index contributed by atoms with van der Waals surface area (Å²) in [5.41, 5.74) is 3.19. The first-order chi connectivity index (χ1) is 17.4. The first-order valence-corrected chi connectivity index (χ1v) is 13.3. The zero-order chi connectivity index (χ0) is 27.5. The molecule has 6 heteroatoms. The number of amides is 1. The number of likely N-dealkylation sites (N-methyl/N-ethyl adjacent to an activating group) is 1. The van der Waals surface area contributed by atoms with Gasteiger partial charge >= 0.3 is 0 Å². The van der Waals surface area contributed by atoms with Gasteiger partial charge in [-0.2, -0.15) is 0 Å². The summed E-state index contributed by atoms with van der Waals surface area (Å²) in [6, 6.07) is 12.7. The Morgan fingerprint density at radius 2 is 1.76 bits per heavy atom. The van der Waals surface area contributed by atoms with E-state index in [4.69, 9.17) is 4.74 Å². The van der Waals surface area contributed by atoms with E-state index in [2.05, 4.69) is 39.5 Å². The van der Waals surface area contributed by atoms with Crippen LogP contribution in [0.2, 0.25) is 0 Å². The summed E-state index contributed by atoms with van der Waals surface area (Å²) >= 11 is 0. The Morgan fingerprint density at radius 3 is 2.35 bits per heavy atom. The van der Waals surface area contributed by atoms with E-state index in [1.807, 2.05) is 63.2 Å². The number of carbonyl (C=O) groups excluding carboxylic acids is 2. The third kappa shape index (κ3) is 6.24. The van der Waals surface area contributed by atoms with Gasteiger partial charge < -0.3 is 19.6 Å². The highest BCUT2D eigenvalue weighted by molar-refractivity contribution is 6.46. The van der Waals surface area contributed by atoms with Gasteiger partial charge in [0.2, 0.25) is 0 Å². The maximum Gasteiger partial charge on any atom is 0.295 e. The van der Waals surface area contributed by atoms with Crippen LogP contribution in [0.25, 0.3) is 5.76 Å². The first kappa shape index (κ1) is 28.5. The second-order valence-electron chi connectivity index (χ2n) is 11.0. The molecule has 0 radical (unpaired) electrons. The average molecular weight is 507 g/mol. The van der Waals surface area contributed by atoms with Crippen LogP contribution >= 0.6 is 0 Å². The number of aliphatic hydroxyl groups excluding tert-OH is 1. The van der Waals surface area contributed by atoms with Crippen molar-refractivity contribution < 1.29 is 19.4 Å². The number of ketones is 1. The third-order valence-corrected chi connectivity index (χ3v) is 7.00. The topological polar surface area (TPSA) is 70.1 Å². The Morgan fingerprint density at radius 1 is 1.08 bits per heavy atom. The molecule has 1 saturated heterocycles. The summed E-state index contributed by atoms with van der Waals surface area (Å²) in [5, 5.41) is 11.7. The van der Waals surface area contributed by atoms with Gasteiger partial charge in [0.25, 0.3) is 11.7 Å². The summed E-state index contributed by atoms with van der Waals surface area (Å²) in [6.07, 6.45) is -0.0212. The van der Waals surface area contributed by atoms with E-state index >= 15 is 0 Å². The van der Waals surface area contributed by atoms with Crippen LogP contribution in [0.15, 0.2) is 48.0 Å². The molecule has 1 aliphatic heterocycles. The molecule has 1 heterocycles. The van der Waals surface area contributed by atoms with Gasteiger partial charge in [0.05, 0.1) is 17.7 Å². The predicted octanol–water partition coefficient (Wildman–Crippen LogP) is 5.84. The summed E-state index contributed by atoms with van der Waals surface area (Å²) < 4.78 is 5.91. The fraction of sp³-hybridized carbons (Fsp3) is 0.484. The number of aryl methyl sites for hydroxylation is 1. The molecular weight excluding hydrogens is 464 g/mol. The maximum absolute atomic E-state index is 13.5. The van der Waals surface area contributed by atoms with Gasteiger partial charge in [0.15, 0.2) is 0 Å². The van der Waals surface area contributed by atoms with Crippen LogP contribution in [-0.4, -0.2) is 58.9 Å². The maximum atomic E-state index is 13.5. The normalized spacial score (nSPS) is 17.8. The minimum atomic E-state index is -0.705. The Bertz CT molecular complexity index is 1170. The summed E-state index contributed by atoms with van der Waals surface area (Å²) in [7, 11) is 0. The highest BCUT2D eigenvalue weighted by Crippen LogP contribution is 2.41. The second kappa shape index (κ2) is 11.5. The Balaban J connectivity index is 2.20. The molecule has 0 aliphatic carbocycles. The van der Waals surface area contributed by atoms with Gasteiger partial charge in [0, 0.05) is 18.7 Å². The fourth-order valence-electron chi connectivity index (χ4n) is 4.77. The number of ether oxygens (including phenoxy) is 1. The number of carbonyl (C=O) groups is 2. The number of Topliss-reactive ketones (excluding diaryl/α,β-unsaturated/α-hetero) is 1. The Hall–Kier alpha value is -3.12. The third-order valence-electron chi connectivity index (χ3n) is 7.00. The van der Waals surface area contributed by atoms with Crippen LogP contribution in [0.1, 0.15) is 76.8 Å². The van der Waals surface area contributed by atoms with Gasteiger partial charge in [-0.05, 0) is 74.2 Å². The molecule has 1 amide bonds. The standard InChI is InChI=1S/C31H42N2O4/c1-9-32(10-2)16-17-33-27(22-12-11-13-24(18-22)37-20(3)4)26(29(35)30(33)36)28(34)25-19-23(31(6,7)8)15-14-21(25)5/h11-15,18-20,27,34H,9-10,16-17H2,1-8H3/b28-26+. The molecule has 6 nitrogen and oxygen atoms in total. The number of benzene rings is 2. The SMILES string of the molecule is CCN(CC)CCN1C(=O)C(=O)/C(=C(/O)c2cc(C(C)(C)C)ccc2C)C1c1cccc(OC(C)C)c1. The molecule has 37 heavy (non-hydrogen) atoms. The molecule has 1 aliphatic rings. The Labute approximate surface area is 221 Å². The largest absolute Gasteiger partial charge is 0.507 e. The van der Waals surface area contributed by atoms with Crippen molar-refractivity contribution in [3.8, 4) is 5.75 Å². The molecule has 1 fully saturated rings. The summed E-state index contributed by atoms with van der Waals surface area (Å²) in [6.45, 7) is 19.0. The van der Waals surface area contributed by atoms with E-state index < -0.39 is 17.7 Å². The molecule has 0 saturated carbocycles. The van der Waals surface area contributed by atoms with Gasteiger partial charge in [-0.25, -0.2) is 0 Å². The van der Waals surface area contributed by atoms with Crippen molar-refractivity contribution in [3.05, 3.63) is 70.3 Å². The minimum Gasteiger partial charge on any atom is -0.507 e. The van der Waals surface area contributed by atoms with Crippen molar-refractivity contribution >= 4 is 17.4 Å². The van der Waals surface area contributed by atoms with Crippen molar-refractivity contribution in [3.63, 3.8) is 0 Å².